The van der Waals surface area contributed by atoms with Gasteiger partial charge < -0.3 is 15.0 Å². The van der Waals surface area contributed by atoms with E-state index >= 15 is 0 Å². The first-order valence-corrected chi connectivity index (χ1v) is 7.12. The van der Waals surface area contributed by atoms with Crippen molar-refractivity contribution in [2.75, 3.05) is 59.0 Å². The van der Waals surface area contributed by atoms with Gasteiger partial charge in [-0.1, -0.05) is 6.92 Å². The summed E-state index contributed by atoms with van der Waals surface area (Å²) in [6.45, 7) is 12.7. The SMILES string of the molecule is CCN1CCOC(CN2CC3CNCC3C2)C1. The lowest BCUT2D eigenvalue weighted by molar-refractivity contribution is -0.0399. The van der Waals surface area contributed by atoms with Crippen LogP contribution in [0.25, 0.3) is 0 Å². The van der Waals surface area contributed by atoms with E-state index < -0.39 is 0 Å². The monoisotopic (exact) mass is 239 g/mol. The molecule has 0 radical (unpaired) electrons. The van der Waals surface area contributed by atoms with E-state index in [4.69, 9.17) is 4.74 Å². The molecule has 0 spiro atoms. The zero-order chi connectivity index (χ0) is 11.7. The van der Waals surface area contributed by atoms with Gasteiger partial charge in [0.15, 0.2) is 0 Å². The Bertz CT molecular complexity index is 246. The van der Waals surface area contributed by atoms with Gasteiger partial charge in [0, 0.05) is 32.7 Å². The third kappa shape index (κ3) is 2.65. The number of hydrogen-bond acceptors (Lipinski definition) is 4. The second kappa shape index (κ2) is 5.22. The van der Waals surface area contributed by atoms with Gasteiger partial charge in [-0.15, -0.1) is 0 Å². The first kappa shape index (κ1) is 11.9. The van der Waals surface area contributed by atoms with E-state index in [-0.39, 0.29) is 0 Å². The molecule has 0 saturated carbocycles. The van der Waals surface area contributed by atoms with Crippen molar-refractivity contribution >= 4 is 0 Å². The summed E-state index contributed by atoms with van der Waals surface area (Å²) in [5.41, 5.74) is 0. The highest BCUT2D eigenvalue weighted by Gasteiger charge is 2.37. The molecular weight excluding hydrogens is 214 g/mol. The number of nitrogens with zero attached hydrogens (tertiary/aromatic N) is 2. The molecule has 3 rings (SSSR count). The van der Waals surface area contributed by atoms with Gasteiger partial charge in [-0.05, 0) is 31.5 Å². The van der Waals surface area contributed by atoms with E-state index in [1.54, 1.807) is 0 Å². The van der Waals surface area contributed by atoms with Crippen LogP contribution in [0.3, 0.4) is 0 Å². The Hall–Kier alpha value is -0.160. The van der Waals surface area contributed by atoms with Crippen molar-refractivity contribution in [1.82, 2.24) is 15.1 Å². The van der Waals surface area contributed by atoms with Crippen molar-refractivity contribution in [3.8, 4) is 0 Å². The maximum atomic E-state index is 5.90. The number of hydrogen-bond donors (Lipinski definition) is 1. The molecule has 3 atom stereocenters. The van der Waals surface area contributed by atoms with E-state index in [1.807, 2.05) is 0 Å². The smallest absolute Gasteiger partial charge is 0.0829 e. The fourth-order valence-electron chi connectivity index (χ4n) is 3.57. The van der Waals surface area contributed by atoms with Crippen molar-refractivity contribution in [3.63, 3.8) is 0 Å². The highest BCUT2D eigenvalue weighted by atomic mass is 16.5. The predicted molar refractivity (Wildman–Crippen MR) is 68.1 cm³/mol. The standard InChI is InChI=1S/C13H25N3O/c1-2-15-3-4-17-13(9-15)10-16-7-11-5-14-6-12(11)8-16/h11-14H,2-10H2,1H3. The van der Waals surface area contributed by atoms with Crippen LogP contribution in [-0.2, 0) is 4.74 Å². The molecule has 17 heavy (non-hydrogen) atoms. The molecular formula is C13H25N3O. The van der Waals surface area contributed by atoms with Crippen molar-refractivity contribution in [2.45, 2.75) is 13.0 Å². The predicted octanol–water partition coefficient (Wildman–Crippen LogP) is -0.142. The van der Waals surface area contributed by atoms with Gasteiger partial charge in [-0.2, -0.15) is 0 Å². The van der Waals surface area contributed by atoms with Crippen molar-refractivity contribution in [1.29, 1.82) is 0 Å². The van der Waals surface area contributed by atoms with Crippen molar-refractivity contribution < 1.29 is 4.74 Å². The summed E-state index contributed by atoms with van der Waals surface area (Å²) in [6.07, 6.45) is 0.440. The molecule has 3 saturated heterocycles. The minimum Gasteiger partial charge on any atom is -0.374 e. The van der Waals surface area contributed by atoms with Gasteiger partial charge in [0.25, 0.3) is 0 Å². The summed E-state index contributed by atoms with van der Waals surface area (Å²) in [5, 5.41) is 3.50. The molecule has 0 bridgehead atoms. The molecule has 4 heteroatoms. The number of likely N-dealkylation sites (N-methyl/N-ethyl adjacent to an activating group) is 1. The zero-order valence-corrected chi connectivity index (χ0v) is 10.9. The molecule has 1 N–H and O–H groups in total. The van der Waals surface area contributed by atoms with Crippen LogP contribution in [0.4, 0.5) is 0 Å². The molecule has 3 fully saturated rings. The molecule has 0 aromatic rings. The molecule has 3 aliphatic heterocycles. The van der Waals surface area contributed by atoms with Crippen LogP contribution in [-0.4, -0.2) is 74.9 Å². The zero-order valence-electron chi connectivity index (χ0n) is 10.9. The third-order valence-electron chi connectivity index (χ3n) is 4.60. The van der Waals surface area contributed by atoms with E-state index in [2.05, 4.69) is 22.0 Å². The number of rotatable bonds is 3. The van der Waals surface area contributed by atoms with E-state index in [9.17, 15) is 0 Å². The average molecular weight is 239 g/mol. The van der Waals surface area contributed by atoms with Crippen molar-refractivity contribution in [3.05, 3.63) is 0 Å². The second-order valence-electron chi connectivity index (χ2n) is 5.78. The van der Waals surface area contributed by atoms with Gasteiger partial charge in [-0.3, -0.25) is 4.90 Å². The van der Waals surface area contributed by atoms with E-state index in [0.29, 0.717) is 6.10 Å². The highest BCUT2D eigenvalue weighted by Crippen LogP contribution is 2.26. The summed E-state index contributed by atoms with van der Waals surface area (Å²) >= 11 is 0. The average Bonchev–Trinajstić information content (AvgIpc) is 2.90. The quantitative estimate of drug-likeness (QED) is 0.742. The second-order valence-corrected chi connectivity index (χ2v) is 5.78. The molecule has 0 aromatic heterocycles. The van der Waals surface area contributed by atoms with Gasteiger partial charge >= 0.3 is 0 Å². The van der Waals surface area contributed by atoms with Crippen LogP contribution in [0.2, 0.25) is 0 Å². The van der Waals surface area contributed by atoms with Crippen LogP contribution in [0, 0.1) is 11.8 Å². The third-order valence-corrected chi connectivity index (χ3v) is 4.60. The molecule has 0 amide bonds. The van der Waals surface area contributed by atoms with Gasteiger partial charge in [0.1, 0.15) is 0 Å². The Labute approximate surface area is 104 Å². The molecule has 0 aliphatic carbocycles. The molecule has 4 nitrogen and oxygen atoms in total. The number of fused-ring (bicyclic) bond motifs is 1. The maximum absolute atomic E-state index is 5.90. The lowest BCUT2D eigenvalue weighted by atomic mass is 10.0. The Morgan fingerprint density at radius 1 is 1.12 bits per heavy atom. The van der Waals surface area contributed by atoms with Gasteiger partial charge in [0.2, 0.25) is 0 Å². The number of morpholine rings is 1. The van der Waals surface area contributed by atoms with Gasteiger partial charge in [-0.25, -0.2) is 0 Å². The molecule has 0 aromatic carbocycles. The summed E-state index contributed by atoms with van der Waals surface area (Å²) in [5.74, 6) is 1.81. The number of ether oxygens (including phenoxy) is 1. The van der Waals surface area contributed by atoms with E-state index in [1.165, 1.54) is 26.2 Å². The Kier molecular flexibility index (Phi) is 3.66. The molecule has 98 valence electrons. The summed E-state index contributed by atoms with van der Waals surface area (Å²) in [4.78, 5) is 5.13. The highest BCUT2D eigenvalue weighted by molar-refractivity contribution is 4.92. The molecule has 3 heterocycles. The van der Waals surface area contributed by atoms with Crippen LogP contribution in [0.1, 0.15) is 6.92 Å². The first-order valence-electron chi connectivity index (χ1n) is 7.12. The molecule has 3 unspecified atom stereocenters. The lowest BCUT2D eigenvalue weighted by Gasteiger charge is -2.34. The maximum Gasteiger partial charge on any atom is 0.0829 e. The fourth-order valence-corrected chi connectivity index (χ4v) is 3.57. The minimum absolute atomic E-state index is 0.440. The molecule has 3 aliphatic rings. The van der Waals surface area contributed by atoms with Crippen molar-refractivity contribution in [2.24, 2.45) is 11.8 Å². The lowest BCUT2D eigenvalue weighted by Crippen LogP contribution is -2.47. The van der Waals surface area contributed by atoms with E-state index in [0.717, 1.165) is 44.6 Å². The van der Waals surface area contributed by atoms with Crippen LogP contribution < -0.4 is 5.32 Å². The normalized spacial score (nSPS) is 39.7. The Morgan fingerprint density at radius 2 is 1.88 bits per heavy atom. The number of likely N-dealkylation sites (tertiary alicyclic amines) is 1. The fraction of sp³-hybridized carbons (Fsp3) is 1.00. The topological polar surface area (TPSA) is 27.7 Å². The van der Waals surface area contributed by atoms with Crippen LogP contribution in [0.15, 0.2) is 0 Å². The minimum atomic E-state index is 0.440. The Balaban J connectivity index is 1.47. The first-order chi connectivity index (χ1) is 8.35. The largest absolute Gasteiger partial charge is 0.374 e. The van der Waals surface area contributed by atoms with Crippen LogP contribution in [0.5, 0.6) is 0 Å². The Morgan fingerprint density at radius 3 is 2.59 bits per heavy atom. The number of nitrogens with one attached hydrogen (secondary N) is 1. The van der Waals surface area contributed by atoms with Gasteiger partial charge in [0.05, 0.1) is 12.7 Å². The summed E-state index contributed by atoms with van der Waals surface area (Å²) < 4.78 is 5.90. The van der Waals surface area contributed by atoms with Crippen LogP contribution >= 0.6 is 0 Å². The summed E-state index contributed by atoms with van der Waals surface area (Å²) in [7, 11) is 0. The summed E-state index contributed by atoms with van der Waals surface area (Å²) in [6, 6.07) is 0.